The number of halogens is 2. The average Bonchev–Trinajstić information content (AvgIpc) is 3.20. The second-order valence-electron chi connectivity index (χ2n) is 9.40. The van der Waals surface area contributed by atoms with Crippen LogP contribution in [0.4, 0.5) is 13.6 Å². The minimum absolute atomic E-state index is 0.0701. The van der Waals surface area contributed by atoms with E-state index in [4.69, 9.17) is 4.74 Å². The molecule has 0 radical (unpaired) electrons. The number of aryl methyl sites for hydroxylation is 1. The Kier molecular flexibility index (Phi) is 6.64. The van der Waals surface area contributed by atoms with Gasteiger partial charge in [-0.2, -0.15) is 0 Å². The number of nitrogens with one attached hydrogen (secondary N) is 1. The van der Waals surface area contributed by atoms with Crippen LogP contribution >= 0.6 is 0 Å². The Balaban J connectivity index is 2.14. The number of nitrogens with zero attached hydrogens (tertiary/aromatic N) is 1. The molecule has 1 amide bonds. The molecule has 1 heterocycles. The van der Waals surface area contributed by atoms with Gasteiger partial charge >= 0.3 is 12.1 Å². The number of phenols is 1. The monoisotopic (exact) mass is 508 g/mol. The van der Waals surface area contributed by atoms with E-state index in [1.54, 1.807) is 35.8 Å². The van der Waals surface area contributed by atoms with Gasteiger partial charge in [0.15, 0.2) is 0 Å². The standard InChI is InChI=1S/C28H26F2N2O5/c1-15-11-19(9-10-20(15)30)32-21-12-18(29)13-22(33)24(21)23(16-5-7-17(8-6-16)26(34)35)25(32)28(2,3)14-37-27(36)31-4/h5-13,33H,14H2,1-4H3,(H,31,36)(H,34,35). The van der Waals surface area contributed by atoms with E-state index < -0.39 is 29.1 Å². The number of ether oxygens (including phenoxy) is 1. The molecule has 7 nitrogen and oxygen atoms in total. The fourth-order valence-corrected chi connectivity index (χ4v) is 4.49. The molecular formula is C28H26F2N2O5. The third-order valence-corrected chi connectivity index (χ3v) is 6.24. The number of hydrogen-bond donors (Lipinski definition) is 3. The molecule has 0 unspecified atom stereocenters. The molecule has 37 heavy (non-hydrogen) atoms. The van der Waals surface area contributed by atoms with Crippen molar-refractivity contribution in [2.45, 2.75) is 26.2 Å². The average molecular weight is 509 g/mol. The molecule has 0 saturated heterocycles. The Hall–Kier alpha value is -4.40. The smallest absolute Gasteiger partial charge is 0.406 e. The number of alkyl carbamates (subject to hydrolysis) is 1. The highest BCUT2D eigenvalue weighted by Gasteiger charge is 2.34. The number of amides is 1. The summed E-state index contributed by atoms with van der Waals surface area (Å²) in [4.78, 5) is 23.4. The Bertz CT molecular complexity index is 1520. The number of aromatic nitrogens is 1. The van der Waals surface area contributed by atoms with Crippen LogP contribution in [0.1, 0.15) is 35.5 Å². The van der Waals surface area contributed by atoms with Crippen LogP contribution in [0.15, 0.2) is 54.6 Å². The molecule has 0 bridgehead atoms. The molecule has 4 aromatic rings. The van der Waals surface area contributed by atoms with E-state index in [0.717, 1.165) is 6.07 Å². The molecule has 9 heteroatoms. The van der Waals surface area contributed by atoms with Crippen LogP contribution in [0, 0.1) is 18.6 Å². The van der Waals surface area contributed by atoms with Gasteiger partial charge in [0.05, 0.1) is 16.5 Å². The molecular weight excluding hydrogens is 482 g/mol. The SMILES string of the molecule is CNC(=O)OCC(C)(C)c1c(-c2ccc(C(=O)O)cc2)c2c(O)cc(F)cc2n1-c1ccc(F)c(C)c1. The van der Waals surface area contributed by atoms with Crippen molar-refractivity contribution in [3.05, 3.63) is 83.1 Å². The van der Waals surface area contributed by atoms with Gasteiger partial charge in [-0.15, -0.1) is 0 Å². The molecule has 0 atom stereocenters. The number of rotatable bonds is 6. The number of aromatic carboxylic acids is 1. The number of fused-ring (bicyclic) bond motifs is 1. The summed E-state index contributed by atoms with van der Waals surface area (Å²) >= 11 is 0. The van der Waals surface area contributed by atoms with Crippen LogP contribution in [0.3, 0.4) is 0 Å². The maximum atomic E-state index is 14.6. The maximum absolute atomic E-state index is 14.6. The van der Waals surface area contributed by atoms with Crippen LogP contribution < -0.4 is 5.32 Å². The summed E-state index contributed by atoms with van der Waals surface area (Å²) in [5.41, 5.74) is 1.92. The largest absolute Gasteiger partial charge is 0.507 e. The molecule has 0 aliphatic carbocycles. The lowest BCUT2D eigenvalue weighted by atomic mass is 9.84. The van der Waals surface area contributed by atoms with Gasteiger partial charge in [-0.25, -0.2) is 18.4 Å². The number of benzene rings is 3. The van der Waals surface area contributed by atoms with Crippen molar-refractivity contribution < 1.29 is 33.3 Å². The molecule has 0 saturated carbocycles. The lowest BCUT2D eigenvalue weighted by Crippen LogP contribution is -2.32. The van der Waals surface area contributed by atoms with Crippen molar-refractivity contribution >= 4 is 23.0 Å². The fraction of sp³-hybridized carbons (Fsp3) is 0.214. The van der Waals surface area contributed by atoms with Crippen molar-refractivity contribution in [2.75, 3.05) is 13.7 Å². The Morgan fingerprint density at radius 2 is 1.73 bits per heavy atom. The van der Waals surface area contributed by atoms with Gasteiger partial charge in [0.25, 0.3) is 0 Å². The summed E-state index contributed by atoms with van der Waals surface area (Å²) in [5, 5.41) is 23.0. The van der Waals surface area contributed by atoms with Crippen LogP contribution in [-0.4, -0.2) is 40.5 Å². The van der Waals surface area contributed by atoms with E-state index in [9.17, 15) is 28.6 Å². The summed E-state index contributed by atoms with van der Waals surface area (Å²) < 4.78 is 35.9. The van der Waals surface area contributed by atoms with E-state index in [-0.39, 0.29) is 17.9 Å². The van der Waals surface area contributed by atoms with Gasteiger partial charge in [0, 0.05) is 35.5 Å². The highest BCUT2D eigenvalue weighted by Crippen LogP contribution is 2.46. The quantitative estimate of drug-likeness (QED) is 0.300. The lowest BCUT2D eigenvalue weighted by Gasteiger charge is -2.28. The number of carbonyl (C=O) groups excluding carboxylic acids is 1. The minimum atomic E-state index is -1.10. The van der Waals surface area contributed by atoms with Gasteiger partial charge in [-0.3, -0.25) is 0 Å². The molecule has 0 spiro atoms. The van der Waals surface area contributed by atoms with Crippen LogP contribution in [0.25, 0.3) is 27.7 Å². The Morgan fingerprint density at radius 1 is 1.05 bits per heavy atom. The highest BCUT2D eigenvalue weighted by molar-refractivity contribution is 6.04. The molecule has 192 valence electrons. The third-order valence-electron chi connectivity index (χ3n) is 6.24. The fourth-order valence-electron chi connectivity index (χ4n) is 4.49. The summed E-state index contributed by atoms with van der Waals surface area (Å²) in [5.74, 6) is -2.52. The minimum Gasteiger partial charge on any atom is -0.507 e. The summed E-state index contributed by atoms with van der Waals surface area (Å²) in [7, 11) is 1.43. The van der Waals surface area contributed by atoms with E-state index in [1.165, 1.54) is 31.3 Å². The predicted octanol–water partition coefficient (Wildman–Crippen LogP) is 5.92. The van der Waals surface area contributed by atoms with Gasteiger partial charge in [-0.1, -0.05) is 26.0 Å². The van der Waals surface area contributed by atoms with Crippen molar-refractivity contribution in [3.63, 3.8) is 0 Å². The second-order valence-corrected chi connectivity index (χ2v) is 9.40. The lowest BCUT2D eigenvalue weighted by molar-refractivity contribution is 0.0696. The van der Waals surface area contributed by atoms with Crippen LogP contribution in [0.5, 0.6) is 5.75 Å². The zero-order valence-electron chi connectivity index (χ0n) is 20.7. The molecule has 0 aliphatic rings. The maximum Gasteiger partial charge on any atom is 0.406 e. The first kappa shape index (κ1) is 25.7. The van der Waals surface area contributed by atoms with Crippen molar-refractivity contribution in [2.24, 2.45) is 0 Å². The third kappa shape index (κ3) is 4.72. The van der Waals surface area contributed by atoms with Crippen LogP contribution in [0.2, 0.25) is 0 Å². The number of carbonyl (C=O) groups is 2. The topological polar surface area (TPSA) is 101 Å². The number of carboxylic acids is 1. The van der Waals surface area contributed by atoms with Crippen LogP contribution in [-0.2, 0) is 10.2 Å². The van der Waals surface area contributed by atoms with Crippen molar-refractivity contribution in [3.8, 4) is 22.6 Å². The van der Waals surface area contributed by atoms with Gasteiger partial charge in [-0.05, 0) is 54.4 Å². The molecule has 0 aliphatic heterocycles. The normalized spacial score (nSPS) is 11.5. The van der Waals surface area contributed by atoms with Crippen molar-refractivity contribution in [1.29, 1.82) is 0 Å². The molecule has 4 rings (SSSR count). The van der Waals surface area contributed by atoms with Gasteiger partial charge < -0.3 is 24.8 Å². The number of hydrogen-bond acceptors (Lipinski definition) is 4. The Labute approximate surface area is 211 Å². The number of phenolic OH excluding ortho intramolecular Hbond substituents is 1. The zero-order valence-corrected chi connectivity index (χ0v) is 20.7. The Morgan fingerprint density at radius 3 is 2.32 bits per heavy atom. The predicted molar refractivity (Wildman–Crippen MR) is 135 cm³/mol. The second kappa shape index (κ2) is 9.57. The first-order valence-electron chi connectivity index (χ1n) is 11.5. The summed E-state index contributed by atoms with van der Waals surface area (Å²) in [6.07, 6.45) is -0.644. The van der Waals surface area contributed by atoms with Gasteiger partial charge in [0.1, 0.15) is 24.0 Å². The molecule has 0 fully saturated rings. The highest BCUT2D eigenvalue weighted by atomic mass is 19.1. The van der Waals surface area contributed by atoms with Crippen molar-refractivity contribution in [1.82, 2.24) is 9.88 Å². The summed E-state index contributed by atoms with van der Waals surface area (Å²) in [6, 6.07) is 12.8. The zero-order chi connectivity index (χ0) is 27.1. The summed E-state index contributed by atoms with van der Waals surface area (Å²) in [6.45, 7) is 5.15. The molecule has 3 N–H and O–H groups in total. The van der Waals surface area contributed by atoms with E-state index in [0.29, 0.717) is 39.0 Å². The van der Waals surface area contributed by atoms with E-state index in [1.807, 2.05) is 13.8 Å². The van der Waals surface area contributed by atoms with Gasteiger partial charge in [0.2, 0.25) is 0 Å². The first-order valence-corrected chi connectivity index (χ1v) is 11.5. The first-order chi connectivity index (χ1) is 17.4. The number of aromatic hydroxyl groups is 1. The molecule has 3 aromatic carbocycles. The number of carboxylic acid groups (broad SMARTS) is 1. The van der Waals surface area contributed by atoms with E-state index in [2.05, 4.69) is 5.32 Å². The van der Waals surface area contributed by atoms with E-state index >= 15 is 0 Å². The molecule has 1 aromatic heterocycles.